The molecule has 26 heavy (non-hydrogen) atoms. The maximum atomic E-state index is 14.6. The van der Waals surface area contributed by atoms with E-state index in [4.69, 9.17) is 9.47 Å². The molecule has 0 spiro atoms. The number of benzene rings is 1. The van der Waals surface area contributed by atoms with Crippen molar-refractivity contribution < 1.29 is 23.5 Å². The Labute approximate surface area is 152 Å². The van der Waals surface area contributed by atoms with Gasteiger partial charge >= 0.3 is 6.09 Å². The number of ether oxygens (including phenoxy) is 2. The first-order valence-corrected chi connectivity index (χ1v) is 8.81. The summed E-state index contributed by atoms with van der Waals surface area (Å²) in [6, 6.07) is 4.68. The minimum atomic E-state index is -0.497. The van der Waals surface area contributed by atoms with E-state index in [0.29, 0.717) is 50.6 Å². The highest BCUT2D eigenvalue weighted by Crippen LogP contribution is 2.29. The Hall–Kier alpha value is -2.35. The van der Waals surface area contributed by atoms with E-state index in [2.05, 4.69) is 5.32 Å². The third-order valence-corrected chi connectivity index (χ3v) is 4.53. The predicted octanol–water partition coefficient (Wildman–Crippen LogP) is 1.90. The number of hydrogen-bond donors (Lipinski definition) is 1. The normalized spacial score (nSPS) is 21.5. The van der Waals surface area contributed by atoms with Gasteiger partial charge in [0.1, 0.15) is 11.9 Å². The number of halogens is 1. The molecule has 2 atom stereocenters. The number of carbonyl (C=O) groups is 2. The zero-order chi connectivity index (χ0) is 18.7. The number of nitrogens with zero attached hydrogens (tertiary/aromatic N) is 2. The maximum absolute atomic E-state index is 14.6. The molecule has 7 nitrogen and oxygen atoms in total. The van der Waals surface area contributed by atoms with Gasteiger partial charge in [-0.3, -0.25) is 9.69 Å². The van der Waals surface area contributed by atoms with Gasteiger partial charge in [-0.2, -0.15) is 0 Å². The monoisotopic (exact) mass is 365 g/mol. The summed E-state index contributed by atoms with van der Waals surface area (Å²) in [5.74, 6) is -0.494. The van der Waals surface area contributed by atoms with E-state index in [1.807, 2.05) is 11.8 Å². The second-order valence-electron chi connectivity index (χ2n) is 6.69. The molecule has 2 saturated heterocycles. The fraction of sp³-hybridized carbons (Fsp3) is 0.556. The van der Waals surface area contributed by atoms with Crippen molar-refractivity contribution in [1.29, 1.82) is 0 Å². The first-order chi connectivity index (χ1) is 12.4. The molecule has 2 heterocycles. The van der Waals surface area contributed by atoms with E-state index in [1.54, 1.807) is 12.1 Å². The zero-order valence-corrected chi connectivity index (χ0v) is 15.0. The van der Waals surface area contributed by atoms with Crippen LogP contribution in [0.15, 0.2) is 18.2 Å². The number of hydrogen-bond acceptors (Lipinski definition) is 5. The molecule has 3 rings (SSSR count). The van der Waals surface area contributed by atoms with Crippen LogP contribution in [0.5, 0.6) is 0 Å². The lowest BCUT2D eigenvalue weighted by Gasteiger charge is -2.29. The van der Waals surface area contributed by atoms with Crippen LogP contribution >= 0.6 is 0 Å². The van der Waals surface area contributed by atoms with Crippen molar-refractivity contribution in [3.05, 3.63) is 24.0 Å². The van der Waals surface area contributed by atoms with Gasteiger partial charge in [-0.15, -0.1) is 0 Å². The Balaban J connectivity index is 1.66. The van der Waals surface area contributed by atoms with Gasteiger partial charge < -0.3 is 19.7 Å². The molecule has 2 fully saturated rings. The topological polar surface area (TPSA) is 71.1 Å². The summed E-state index contributed by atoms with van der Waals surface area (Å²) in [5.41, 5.74) is 0.986. The molecule has 1 aromatic rings. The average molecular weight is 365 g/mol. The lowest BCUT2D eigenvalue weighted by molar-refractivity contribution is -0.119. The molecule has 0 unspecified atom stereocenters. The SMILES string of the molecule is CC(=O)N[C@H](C)C[C@H]1CN(c2ccc(N3CCOCC3)c(F)c2)C(=O)O1. The van der Waals surface area contributed by atoms with Crippen LogP contribution in [0.3, 0.4) is 0 Å². The lowest BCUT2D eigenvalue weighted by atomic mass is 10.1. The van der Waals surface area contributed by atoms with Crippen LogP contribution in [0.25, 0.3) is 0 Å². The van der Waals surface area contributed by atoms with Crippen LogP contribution in [0.4, 0.5) is 20.6 Å². The maximum Gasteiger partial charge on any atom is 0.414 e. The third kappa shape index (κ3) is 4.24. The van der Waals surface area contributed by atoms with E-state index in [9.17, 15) is 14.0 Å². The molecule has 0 bridgehead atoms. The smallest absolute Gasteiger partial charge is 0.414 e. The molecule has 0 aliphatic carbocycles. The molecule has 1 N–H and O–H groups in total. The summed E-state index contributed by atoms with van der Waals surface area (Å²) in [6.45, 7) is 6.08. The second kappa shape index (κ2) is 7.90. The molecular formula is C18H24FN3O4. The van der Waals surface area contributed by atoms with E-state index in [1.165, 1.54) is 17.9 Å². The van der Waals surface area contributed by atoms with Gasteiger partial charge in [-0.1, -0.05) is 0 Å². The van der Waals surface area contributed by atoms with Crippen LogP contribution in [-0.4, -0.2) is 57.0 Å². The van der Waals surface area contributed by atoms with Crippen molar-refractivity contribution in [2.75, 3.05) is 42.6 Å². The molecule has 8 heteroatoms. The summed E-state index contributed by atoms with van der Waals surface area (Å²) < 4.78 is 25.2. The van der Waals surface area contributed by atoms with Gasteiger partial charge in [-0.05, 0) is 25.1 Å². The highest BCUT2D eigenvalue weighted by atomic mass is 19.1. The van der Waals surface area contributed by atoms with Gasteiger partial charge in [0.15, 0.2) is 0 Å². The zero-order valence-electron chi connectivity index (χ0n) is 15.0. The Morgan fingerprint density at radius 2 is 2.12 bits per heavy atom. The first kappa shape index (κ1) is 18.4. The van der Waals surface area contributed by atoms with Crippen molar-refractivity contribution in [3.8, 4) is 0 Å². The fourth-order valence-corrected chi connectivity index (χ4v) is 3.38. The fourth-order valence-electron chi connectivity index (χ4n) is 3.38. The van der Waals surface area contributed by atoms with E-state index in [0.717, 1.165) is 0 Å². The number of nitrogens with one attached hydrogen (secondary N) is 1. The Kier molecular flexibility index (Phi) is 5.61. The summed E-state index contributed by atoms with van der Waals surface area (Å²) in [4.78, 5) is 26.6. The van der Waals surface area contributed by atoms with Crippen LogP contribution < -0.4 is 15.1 Å². The van der Waals surface area contributed by atoms with Crippen LogP contribution in [0, 0.1) is 5.82 Å². The molecule has 2 amide bonds. The number of morpholine rings is 1. The van der Waals surface area contributed by atoms with Crippen LogP contribution in [-0.2, 0) is 14.3 Å². The van der Waals surface area contributed by atoms with Crippen LogP contribution in [0.1, 0.15) is 20.3 Å². The molecule has 2 aliphatic rings. The Morgan fingerprint density at radius 1 is 1.38 bits per heavy atom. The van der Waals surface area contributed by atoms with Crippen molar-refractivity contribution in [2.45, 2.75) is 32.4 Å². The van der Waals surface area contributed by atoms with E-state index < -0.39 is 6.09 Å². The molecule has 142 valence electrons. The van der Waals surface area contributed by atoms with Gasteiger partial charge in [0.05, 0.1) is 31.1 Å². The second-order valence-corrected chi connectivity index (χ2v) is 6.69. The number of rotatable bonds is 5. The molecule has 0 aromatic heterocycles. The summed E-state index contributed by atoms with van der Waals surface area (Å²) in [7, 11) is 0. The van der Waals surface area contributed by atoms with E-state index >= 15 is 0 Å². The van der Waals surface area contributed by atoms with Crippen molar-refractivity contribution in [1.82, 2.24) is 5.32 Å². The molecule has 2 aliphatic heterocycles. The van der Waals surface area contributed by atoms with E-state index in [-0.39, 0.29) is 23.9 Å². The largest absolute Gasteiger partial charge is 0.444 e. The third-order valence-electron chi connectivity index (χ3n) is 4.53. The summed E-state index contributed by atoms with van der Waals surface area (Å²) in [6.07, 6.45) is -0.328. The highest BCUT2D eigenvalue weighted by Gasteiger charge is 2.33. The Morgan fingerprint density at radius 3 is 2.77 bits per heavy atom. The minimum Gasteiger partial charge on any atom is -0.444 e. The highest BCUT2D eigenvalue weighted by molar-refractivity contribution is 5.90. The van der Waals surface area contributed by atoms with Crippen molar-refractivity contribution in [3.63, 3.8) is 0 Å². The van der Waals surface area contributed by atoms with Gasteiger partial charge in [0.2, 0.25) is 5.91 Å². The van der Waals surface area contributed by atoms with Gasteiger partial charge in [0, 0.05) is 32.5 Å². The predicted molar refractivity (Wildman–Crippen MR) is 94.9 cm³/mol. The molecule has 0 saturated carbocycles. The van der Waals surface area contributed by atoms with Gasteiger partial charge in [-0.25, -0.2) is 9.18 Å². The van der Waals surface area contributed by atoms with Crippen molar-refractivity contribution >= 4 is 23.4 Å². The molecule has 1 aromatic carbocycles. The average Bonchev–Trinajstić information content (AvgIpc) is 2.95. The number of anilines is 2. The number of cyclic esters (lactones) is 1. The molecule has 0 radical (unpaired) electrons. The van der Waals surface area contributed by atoms with Gasteiger partial charge in [0.25, 0.3) is 0 Å². The first-order valence-electron chi connectivity index (χ1n) is 8.81. The summed E-state index contributed by atoms with van der Waals surface area (Å²) >= 11 is 0. The number of carbonyl (C=O) groups excluding carboxylic acids is 2. The molecular weight excluding hydrogens is 341 g/mol. The number of amides is 2. The standard InChI is InChI=1S/C18H24FN3O4/c1-12(20-13(2)23)9-15-11-22(18(24)26-15)14-3-4-17(16(19)10-14)21-5-7-25-8-6-21/h3-4,10,12,15H,5-9,11H2,1-2H3,(H,20,23)/t12-,15+/m1/s1. The van der Waals surface area contributed by atoms with Crippen LogP contribution in [0.2, 0.25) is 0 Å². The Bertz CT molecular complexity index is 678. The minimum absolute atomic E-state index is 0.106. The quantitative estimate of drug-likeness (QED) is 0.863. The summed E-state index contributed by atoms with van der Waals surface area (Å²) in [5, 5.41) is 2.77. The lowest BCUT2D eigenvalue weighted by Crippen LogP contribution is -2.36. The van der Waals surface area contributed by atoms with Crippen molar-refractivity contribution in [2.24, 2.45) is 0 Å².